The third-order valence-electron chi connectivity index (χ3n) is 4.35. The molecule has 0 unspecified atom stereocenters. The van der Waals surface area contributed by atoms with Gasteiger partial charge in [0.15, 0.2) is 11.5 Å². The second-order valence-corrected chi connectivity index (χ2v) is 7.21. The van der Waals surface area contributed by atoms with Crippen molar-refractivity contribution in [3.8, 4) is 11.5 Å². The Morgan fingerprint density at radius 1 is 1.17 bits per heavy atom. The Bertz CT molecular complexity index is 1100. The summed E-state index contributed by atoms with van der Waals surface area (Å²) in [5.74, 6) is 0.694. The van der Waals surface area contributed by atoms with Gasteiger partial charge in [-0.25, -0.2) is 4.79 Å². The zero-order valence-corrected chi connectivity index (χ0v) is 16.9. The molecule has 0 bridgehead atoms. The second-order valence-electron chi connectivity index (χ2n) is 6.17. The predicted octanol–water partition coefficient (Wildman–Crippen LogP) is 1.64. The first-order chi connectivity index (χ1) is 14.0. The van der Waals surface area contributed by atoms with Crippen molar-refractivity contribution in [2.75, 3.05) is 20.8 Å². The molecule has 0 fully saturated rings. The Labute approximate surface area is 170 Å². The van der Waals surface area contributed by atoms with E-state index in [-0.39, 0.29) is 12.1 Å². The van der Waals surface area contributed by atoms with E-state index in [0.717, 1.165) is 21.2 Å². The van der Waals surface area contributed by atoms with Crippen molar-refractivity contribution in [1.29, 1.82) is 0 Å². The Kier molecular flexibility index (Phi) is 6.50. The quantitative estimate of drug-likeness (QED) is 0.582. The Morgan fingerprint density at radius 2 is 1.97 bits per heavy atom. The van der Waals surface area contributed by atoms with Gasteiger partial charge in [0.2, 0.25) is 0 Å². The Balaban J connectivity index is 1.68. The number of carbonyl (C=O) groups excluding carboxylic acids is 1. The van der Waals surface area contributed by atoms with Crippen LogP contribution in [0.3, 0.4) is 0 Å². The molecule has 0 aliphatic heterocycles. The lowest BCUT2D eigenvalue weighted by molar-refractivity contribution is 0.0951. The number of hydrogen-bond acceptors (Lipinski definition) is 6. The van der Waals surface area contributed by atoms with Crippen molar-refractivity contribution >= 4 is 17.2 Å². The lowest BCUT2D eigenvalue weighted by atomic mass is 10.1. The largest absolute Gasteiger partial charge is 0.493 e. The van der Waals surface area contributed by atoms with Crippen LogP contribution in [0.5, 0.6) is 11.5 Å². The SMILES string of the molecule is COc1ccc(CCNC(=O)c2c[nH]c(=O)n(Cc3cccs3)c2=O)cc1OC. The van der Waals surface area contributed by atoms with Crippen LogP contribution in [-0.2, 0) is 13.0 Å². The standard InChI is InChI=1S/C20H21N3O5S/c1-27-16-6-5-13(10-17(16)28-2)7-8-21-18(24)15-11-22-20(26)23(19(15)25)12-14-4-3-9-29-14/h3-6,9-11H,7-8,12H2,1-2H3,(H,21,24)(H,22,26). The summed E-state index contributed by atoms with van der Waals surface area (Å²) in [7, 11) is 3.12. The summed E-state index contributed by atoms with van der Waals surface area (Å²) < 4.78 is 11.5. The normalized spacial score (nSPS) is 10.6. The maximum Gasteiger partial charge on any atom is 0.328 e. The van der Waals surface area contributed by atoms with Gasteiger partial charge in [0.25, 0.3) is 11.5 Å². The van der Waals surface area contributed by atoms with Crippen LogP contribution >= 0.6 is 11.3 Å². The molecule has 0 saturated heterocycles. The number of nitrogens with zero attached hydrogens (tertiary/aromatic N) is 1. The van der Waals surface area contributed by atoms with E-state index < -0.39 is 17.2 Å². The first-order valence-electron chi connectivity index (χ1n) is 8.87. The van der Waals surface area contributed by atoms with E-state index in [2.05, 4.69) is 10.3 Å². The van der Waals surface area contributed by atoms with Crippen LogP contribution < -0.4 is 26.0 Å². The number of aromatic nitrogens is 2. The third kappa shape index (κ3) is 4.75. The molecule has 29 heavy (non-hydrogen) atoms. The molecule has 0 aliphatic carbocycles. The van der Waals surface area contributed by atoms with E-state index >= 15 is 0 Å². The second kappa shape index (κ2) is 9.24. The summed E-state index contributed by atoms with van der Waals surface area (Å²) in [5.41, 5.74) is -0.330. The van der Waals surface area contributed by atoms with E-state index in [1.807, 2.05) is 29.6 Å². The van der Waals surface area contributed by atoms with Crippen LogP contribution in [0, 0.1) is 0 Å². The zero-order chi connectivity index (χ0) is 20.8. The van der Waals surface area contributed by atoms with Crippen LogP contribution in [0.15, 0.2) is 51.5 Å². The van der Waals surface area contributed by atoms with Crippen molar-refractivity contribution in [2.45, 2.75) is 13.0 Å². The van der Waals surface area contributed by atoms with Crippen LogP contribution in [0.2, 0.25) is 0 Å². The fourth-order valence-electron chi connectivity index (χ4n) is 2.83. The van der Waals surface area contributed by atoms with Gasteiger partial charge in [-0.05, 0) is 35.6 Å². The number of aromatic amines is 1. The summed E-state index contributed by atoms with van der Waals surface area (Å²) in [4.78, 5) is 40.4. The number of ether oxygens (including phenoxy) is 2. The van der Waals surface area contributed by atoms with Gasteiger partial charge in [0.1, 0.15) is 5.56 Å². The van der Waals surface area contributed by atoms with Crippen molar-refractivity contribution < 1.29 is 14.3 Å². The summed E-state index contributed by atoms with van der Waals surface area (Å²) in [5, 5.41) is 4.58. The maximum absolute atomic E-state index is 12.6. The number of benzene rings is 1. The van der Waals surface area contributed by atoms with Gasteiger partial charge >= 0.3 is 5.69 Å². The number of rotatable bonds is 8. The molecule has 1 amide bonds. The van der Waals surface area contributed by atoms with Crippen LogP contribution in [-0.4, -0.2) is 36.2 Å². The van der Waals surface area contributed by atoms with Crippen LogP contribution in [0.25, 0.3) is 0 Å². The number of nitrogens with one attached hydrogen (secondary N) is 2. The lowest BCUT2D eigenvalue weighted by Gasteiger charge is -2.10. The fourth-order valence-corrected chi connectivity index (χ4v) is 3.52. The molecule has 0 saturated carbocycles. The number of carbonyl (C=O) groups is 1. The first kappa shape index (κ1) is 20.4. The molecule has 2 N–H and O–H groups in total. The lowest BCUT2D eigenvalue weighted by Crippen LogP contribution is -2.41. The van der Waals surface area contributed by atoms with Gasteiger partial charge in [-0.15, -0.1) is 11.3 Å². The minimum absolute atomic E-state index is 0.103. The monoisotopic (exact) mass is 415 g/mol. The van der Waals surface area contributed by atoms with Crippen molar-refractivity contribution in [2.24, 2.45) is 0 Å². The molecule has 152 valence electrons. The highest BCUT2D eigenvalue weighted by molar-refractivity contribution is 7.09. The number of methoxy groups -OCH3 is 2. The third-order valence-corrected chi connectivity index (χ3v) is 5.21. The summed E-state index contributed by atoms with van der Waals surface area (Å²) >= 11 is 1.43. The maximum atomic E-state index is 12.6. The van der Waals surface area contributed by atoms with E-state index in [9.17, 15) is 14.4 Å². The van der Waals surface area contributed by atoms with Crippen LogP contribution in [0.4, 0.5) is 0 Å². The van der Waals surface area contributed by atoms with Gasteiger partial charge in [-0.3, -0.25) is 14.2 Å². The minimum atomic E-state index is -0.620. The average Bonchev–Trinajstić information content (AvgIpc) is 3.24. The molecular weight excluding hydrogens is 394 g/mol. The highest BCUT2D eigenvalue weighted by atomic mass is 32.1. The van der Waals surface area contributed by atoms with Crippen molar-refractivity contribution in [3.05, 3.63) is 78.8 Å². The topological polar surface area (TPSA) is 102 Å². The molecular formula is C20H21N3O5S. The number of hydrogen-bond donors (Lipinski definition) is 2. The molecule has 0 aliphatic rings. The minimum Gasteiger partial charge on any atom is -0.493 e. The molecule has 1 aromatic carbocycles. The smallest absolute Gasteiger partial charge is 0.328 e. The van der Waals surface area contributed by atoms with Crippen molar-refractivity contribution in [1.82, 2.24) is 14.9 Å². The van der Waals surface area contributed by atoms with Crippen LogP contribution in [0.1, 0.15) is 20.8 Å². The van der Waals surface area contributed by atoms with Gasteiger partial charge < -0.3 is 19.8 Å². The number of amides is 1. The zero-order valence-electron chi connectivity index (χ0n) is 16.1. The predicted molar refractivity (Wildman–Crippen MR) is 110 cm³/mol. The van der Waals surface area contributed by atoms with Crippen molar-refractivity contribution in [3.63, 3.8) is 0 Å². The number of H-pyrrole nitrogens is 1. The highest BCUT2D eigenvalue weighted by Crippen LogP contribution is 2.27. The molecule has 3 aromatic rings. The molecule has 0 radical (unpaired) electrons. The van der Waals surface area contributed by atoms with Gasteiger partial charge in [0, 0.05) is 17.6 Å². The Hall–Kier alpha value is -3.33. The van der Waals surface area contributed by atoms with Gasteiger partial charge in [0.05, 0.1) is 20.8 Å². The summed E-state index contributed by atoms with van der Waals surface area (Å²) in [6.45, 7) is 0.441. The first-order valence-corrected chi connectivity index (χ1v) is 9.75. The average molecular weight is 415 g/mol. The van der Waals surface area contributed by atoms with E-state index in [1.165, 1.54) is 11.3 Å². The van der Waals surface area contributed by atoms with E-state index in [4.69, 9.17) is 9.47 Å². The fraction of sp³-hybridized carbons (Fsp3) is 0.250. The highest BCUT2D eigenvalue weighted by Gasteiger charge is 2.15. The van der Waals surface area contributed by atoms with Gasteiger partial charge in [-0.1, -0.05) is 12.1 Å². The van der Waals surface area contributed by atoms with E-state index in [0.29, 0.717) is 24.5 Å². The Morgan fingerprint density at radius 3 is 2.66 bits per heavy atom. The molecule has 3 rings (SSSR count). The molecule has 2 heterocycles. The number of thiophene rings is 1. The summed E-state index contributed by atoms with van der Waals surface area (Å²) in [6, 6.07) is 9.16. The molecule has 2 aromatic heterocycles. The summed E-state index contributed by atoms with van der Waals surface area (Å²) in [6.07, 6.45) is 1.69. The molecule has 0 atom stereocenters. The molecule has 0 spiro atoms. The molecule has 8 nitrogen and oxygen atoms in total. The molecule has 9 heteroatoms. The van der Waals surface area contributed by atoms with Gasteiger partial charge in [-0.2, -0.15) is 0 Å². The van der Waals surface area contributed by atoms with E-state index in [1.54, 1.807) is 20.3 Å².